The van der Waals surface area contributed by atoms with Gasteiger partial charge in [-0.05, 0) is 49.7 Å². The summed E-state index contributed by atoms with van der Waals surface area (Å²) in [6.45, 7) is 4.65. The molecule has 2 aromatic rings. The smallest absolute Gasteiger partial charge is 0.145 e. The minimum atomic E-state index is -0.0190. The van der Waals surface area contributed by atoms with Crippen molar-refractivity contribution in [1.29, 1.82) is 0 Å². The molecule has 0 saturated carbocycles. The summed E-state index contributed by atoms with van der Waals surface area (Å²) in [5.74, 6) is 2.28. The van der Waals surface area contributed by atoms with E-state index in [0.29, 0.717) is 12.4 Å². The van der Waals surface area contributed by atoms with E-state index >= 15 is 0 Å². The average Bonchev–Trinajstić information content (AvgIpc) is 2.49. The summed E-state index contributed by atoms with van der Waals surface area (Å²) in [5.41, 5.74) is 6.81. The van der Waals surface area contributed by atoms with Crippen LogP contribution in [0.3, 0.4) is 0 Å². The molecule has 0 aliphatic rings. The lowest BCUT2D eigenvalue weighted by molar-refractivity contribution is 0.339. The zero-order chi connectivity index (χ0) is 14.4. The highest BCUT2D eigenvalue weighted by atomic mass is 16.5. The standard InChI is InChI=1S/C16H20N2O2/c1-3-15(17)16-10-9-14(11-18-16)20-13-7-5-12(6-8-13)19-4-2/h5-11,15H,3-4,17H2,1-2H3/t15-/m0/s1. The van der Waals surface area contributed by atoms with Gasteiger partial charge in [0.05, 0.1) is 18.5 Å². The van der Waals surface area contributed by atoms with Gasteiger partial charge in [0.1, 0.15) is 17.2 Å². The minimum absolute atomic E-state index is 0.0190. The van der Waals surface area contributed by atoms with Gasteiger partial charge in [0.2, 0.25) is 0 Å². The normalized spacial score (nSPS) is 11.9. The Hall–Kier alpha value is -2.07. The molecule has 0 unspecified atom stereocenters. The first-order valence-electron chi connectivity index (χ1n) is 6.85. The van der Waals surface area contributed by atoms with Gasteiger partial charge >= 0.3 is 0 Å². The van der Waals surface area contributed by atoms with E-state index in [1.165, 1.54) is 0 Å². The van der Waals surface area contributed by atoms with Gasteiger partial charge < -0.3 is 15.2 Å². The fourth-order valence-electron chi connectivity index (χ4n) is 1.79. The Bertz CT molecular complexity index is 523. The lowest BCUT2D eigenvalue weighted by Gasteiger charge is -2.10. The molecule has 1 aromatic carbocycles. The number of benzene rings is 1. The minimum Gasteiger partial charge on any atom is -0.494 e. The quantitative estimate of drug-likeness (QED) is 0.871. The molecule has 106 valence electrons. The Labute approximate surface area is 119 Å². The molecule has 0 fully saturated rings. The summed E-state index contributed by atoms with van der Waals surface area (Å²) >= 11 is 0. The van der Waals surface area contributed by atoms with Gasteiger partial charge in [-0.2, -0.15) is 0 Å². The van der Waals surface area contributed by atoms with Crippen molar-refractivity contribution >= 4 is 0 Å². The molecule has 1 heterocycles. The highest BCUT2D eigenvalue weighted by Gasteiger charge is 2.05. The van der Waals surface area contributed by atoms with Crippen LogP contribution in [0, 0.1) is 0 Å². The number of aromatic nitrogens is 1. The van der Waals surface area contributed by atoms with Crippen molar-refractivity contribution in [2.75, 3.05) is 6.61 Å². The first-order valence-corrected chi connectivity index (χ1v) is 6.85. The highest BCUT2D eigenvalue weighted by molar-refractivity contribution is 5.35. The van der Waals surface area contributed by atoms with Crippen LogP contribution in [-0.2, 0) is 0 Å². The maximum Gasteiger partial charge on any atom is 0.145 e. The monoisotopic (exact) mass is 272 g/mol. The average molecular weight is 272 g/mol. The van der Waals surface area contributed by atoms with Crippen LogP contribution in [0.1, 0.15) is 32.0 Å². The maximum absolute atomic E-state index is 5.92. The molecule has 0 bridgehead atoms. The van der Waals surface area contributed by atoms with Gasteiger partial charge in [-0.25, -0.2) is 0 Å². The Kier molecular flexibility index (Phi) is 4.96. The number of hydrogen-bond donors (Lipinski definition) is 1. The molecule has 0 aliphatic carbocycles. The van der Waals surface area contributed by atoms with Crippen LogP contribution in [0.5, 0.6) is 17.2 Å². The third-order valence-corrected chi connectivity index (χ3v) is 2.95. The molecule has 0 spiro atoms. The first kappa shape index (κ1) is 14.3. The molecular weight excluding hydrogens is 252 g/mol. The second kappa shape index (κ2) is 6.91. The van der Waals surface area contributed by atoms with Gasteiger partial charge in [0.25, 0.3) is 0 Å². The number of hydrogen-bond acceptors (Lipinski definition) is 4. The molecule has 1 atom stereocenters. The van der Waals surface area contributed by atoms with Crippen molar-refractivity contribution in [3.63, 3.8) is 0 Å². The van der Waals surface area contributed by atoms with E-state index in [-0.39, 0.29) is 6.04 Å². The van der Waals surface area contributed by atoms with E-state index in [1.807, 2.05) is 50.2 Å². The molecule has 4 nitrogen and oxygen atoms in total. The molecule has 4 heteroatoms. The number of pyridine rings is 1. The van der Waals surface area contributed by atoms with Crippen molar-refractivity contribution < 1.29 is 9.47 Å². The fraction of sp³-hybridized carbons (Fsp3) is 0.312. The van der Waals surface area contributed by atoms with E-state index in [1.54, 1.807) is 6.20 Å². The second-order valence-corrected chi connectivity index (χ2v) is 4.44. The van der Waals surface area contributed by atoms with Crippen LogP contribution in [-0.4, -0.2) is 11.6 Å². The summed E-state index contributed by atoms with van der Waals surface area (Å²) in [6, 6.07) is 11.3. The third kappa shape index (κ3) is 3.71. The van der Waals surface area contributed by atoms with Gasteiger partial charge in [-0.15, -0.1) is 0 Å². The van der Waals surface area contributed by atoms with Gasteiger partial charge in [0, 0.05) is 6.04 Å². The zero-order valence-corrected chi connectivity index (χ0v) is 11.9. The van der Waals surface area contributed by atoms with E-state index in [2.05, 4.69) is 4.98 Å². The number of nitrogens with two attached hydrogens (primary N) is 1. The van der Waals surface area contributed by atoms with Crippen LogP contribution in [0.25, 0.3) is 0 Å². The molecule has 0 amide bonds. The molecular formula is C16H20N2O2. The fourth-order valence-corrected chi connectivity index (χ4v) is 1.79. The predicted octanol–water partition coefficient (Wildman–Crippen LogP) is 3.68. The molecule has 2 N–H and O–H groups in total. The third-order valence-electron chi connectivity index (χ3n) is 2.95. The van der Waals surface area contributed by atoms with E-state index in [4.69, 9.17) is 15.2 Å². The maximum atomic E-state index is 5.92. The Balaban J connectivity index is 2.02. The SMILES string of the molecule is CCOc1ccc(Oc2ccc([C@@H](N)CC)nc2)cc1. The number of rotatable bonds is 6. The Morgan fingerprint density at radius 1 is 1.00 bits per heavy atom. The predicted molar refractivity (Wildman–Crippen MR) is 79.1 cm³/mol. The summed E-state index contributed by atoms with van der Waals surface area (Å²) < 4.78 is 11.1. The van der Waals surface area contributed by atoms with Crippen molar-refractivity contribution in [1.82, 2.24) is 4.98 Å². The number of nitrogens with zero attached hydrogens (tertiary/aromatic N) is 1. The van der Waals surface area contributed by atoms with E-state index in [0.717, 1.165) is 23.6 Å². The van der Waals surface area contributed by atoms with Gasteiger partial charge in [-0.1, -0.05) is 6.92 Å². The van der Waals surface area contributed by atoms with Crippen molar-refractivity contribution in [3.05, 3.63) is 48.3 Å². The van der Waals surface area contributed by atoms with Gasteiger partial charge in [0.15, 0.2) is 0 Å². The largest absolute Gasteiger partial charge is 0.494 e. The Morgan fingerprint density at radius 3 is 2.20 bits per heavy atom. The number of ether oxygens (including phenoxy) is 2. The summed E-state index contributed by atoms with van der Waals surface area (Å²) in [6.07, 6.45) is 2.56. The summed E-state index contributed by atoms with van der Waals surface area (Å²) in [5, 5.41) is 0. The zero-order valence-electron chi connectivity index (χ0n) is 11.9. The van der Waals surface area contributed by atoms with Crippen LogP contribution in [0.4, 0.5) is 0 Å². The first-order chi connectivity index (χ1) is 9.72. The molecule has 0 saturated heterocycles. The summed E-state index contributed by atoms with van der Waals surface area (Å²) in [7, 11) is 0. The van der Waals surface area contributed by atoms with E-state index < -0.39 is 0 Å². The topological polar surface area (TPSA) is 57.4 Å². The van der Waals surface area contributed by atoms with Crippen LogP contribution >= 0.6 is 0 Å². The van der Waals surface area contributed by atoms with Crippen molar-refractivity contribution in [2.45, 2.75) is 26.3 Å². The molecule has 0 radical (unpaired) electrons. The summed E-state index contributed by atoms with van der Waals surface area (Å²) in [4.78, 5) is 4.32. The lowest BCUT2D eigenvalue weighted by Crippen LogP contribution is -2.10. The van der Waals surface area contributed by atoms with Crippen LogP contribution < -0.4 is 15.2 Å². The second-order valence-electron chi connectivity index (χ2n) is 4.44. The molecule has 0 aliphatic heterocycles. The van der Waals surface area contributed by atoms with Crippen molar-refractivity contribution in [2.24, 2.45) is 5.73 Å². The Morgan fingerprint density at radius 2 is 1.65 bits per heavy atom. The van der Waals surface area contributed by atoms with Crippen molar-refractivity contribution in [3.8, 4) is 17.2 Å². The molecule has 2 rings (SSSR count). The highest BCUT2D eigenvalue weighted by Crippen LogP contribution is 2.24. The van der Waals surface area contributed by atoms with E-state index in [9.17, 15) is 0 Å². The van der Waals surface area contributed by atoms with Gasteiger partial charge in [-0.3, -0.25) is 4.98 Å². The lowest BCUT2D eigenvalue weighted by atomic mass is 10.1. The molecule has 1 aromatic heterocycles. The van der Waals surface area contributed by atoms with Crippen LogP contribution in [0.15, 0.2) is 42.6 Å². The molecule has 20 heavy (non-hydrogen) atoms. The van der Waals surface area contributed by atoms with Crippen LogP contribution in [0.2, 0.25) is 0 Å².